The standard InChI is InChI=1S/C20H23N3OS2/c1-5-16-22-14(4)17-13(3)18(26-20(17)23-16)19(24)21-10-11-25-15-8-6-12(2)7-9-15/h6-9H,5,10-11H2,1-4H3,(H,21,24). The quantitative estimate of drug-likeness (QED) is 0.493. The summed E-state index contributed by atoms with van der Waals surface area (Å²) >= 11 is 3.21. The highest BCUT2D eigenvalue weighted by atomic mass is 32.2. The number of nitrogens with one attached hydrogen (secondary N) is 1. The second-order valence-electron chi connectivity index (χ2n) is 6.23. The molecule has 3 aromatic rings. The molecule has 0 saturated heterocycles. The van der Waals surface area contributed by atoms with Crippen molar-refractivity contribution < 1.29 is 4.79 Å². The lowest BCUT2D eigenvalue weighted by molar-refractivity contribution is 0.0960. The zero-order valence-corrected chi connectivity index (χ0v) is 17.2. The molecular weight excluding hydrogens is 362 g/mol. The number of carbonyl (C=O) groups is 1. The number of benzene rings is 1. The molecule has 0 radical (unpaired) electrons. The first-order valence-corrected chi connectivity index (χ1v) is 10.5. The minimum absolute atomic E-state index is 0.0209. The fourth-order valence-corrected chi connectivity index (χ4v) is 4.75. The van der Waals surface area contributed by atoms with Gasteiger partial charge in [-0.05, 0) is 38.5 Å². The molecule has 0 bridgehead atoms. The molecule has 2 aromatic heterocycles. The van der Waals surface area contributed by atoms with E-state index >= 15 is 0 Å². The van der Waals surface area contributed by atoms with E-state index < -0.39 is 0 Å². The molecule has 0 saturated carbocycles. The summed E-state index contributed by atoms with van der Waals surface area (Å²) in [5, 5.41) is 4.05. The summed E-state index contributed by atoms with van der Waals surface area (Å²) in [5.74, 6) is 1.66. The van der Waals surface area contributed by atoms with Gasteiger partial charge < -0.3 is 5.32 Å². The Balaban J connectivity index is 1.65. The topological polar surface area (TPSA) is 54.9 Å². The highest BCUT2D eigenvalue weighted by Crippen LogP contribution is 2.31. The average Bonchev–Trinajstić information content (AvgIpc) is 2.97. The molecule has 1 N–H and O–H groups in total. The molecule has 3 rings (SSSR count). The number of rotatable bonds is 6. The van der Waals surface area contributed by atoms with Gasteiger partial charge in [-0.3, -0.25) is 4.79 Å². The average molecular weight is 386 g/mol. The van der Waals surface area contributed by atoms with Crippen LogP contribution in [0.15, 0.2) is 29.2 Å². The summed E-state index contributed by atoms with van der Waals surface area (Å²) in [6.45, 7) is 8.73. The Morgan fingerprint density at radius 2 is 1.88 bits per heavy atom. The van der Waals surface area contributed by atoms with Gasteiger partial charge in [0, 0.05) is 34.7 Å². The van der Waals surface area contributed by atoms with Crippen molar-refractivity contribution in [3.05, 3.63) is 51.8 Å². The van der Waals surface area contributed by atoms with Crippen LogP contribution in [-0.4, -0.2) is 28.2 Å². The van der Waals surface area contributed by atoms with Gasteiger partial charge in [-0.1, -0.05) is 24.6 Å². The lowest BCUT2D eigenvalue weighted by atomic mass is 10.1. The van der Waals surface area contributed by atoms with Crippen LogP contribution in [-0.2, 0) is 6.42 Å². The summed E-state index contributed by atoms with van der Waals surface area (Å²) in [6.07, 6.45) is 0.797. The van der Waals surface area contributed by atoms with Crippen LogP contribution in [0.2, 0.25) is 0 Å². The molecule has 0 fully saturated rings. The maximum atomic E-state index is 12.6. The fourth-order valence-electron chi connectivity index (χ4n) is 2.82. The third kappa shape index (κ3) is 4.07. The molecule has 136 valence electrons. The Morgan fingerprint density at radius 3 is 2.58 bits per heavy atom. The van der Waals surface area contributed by atoms with Gasteiger partial charge in [-0.15, -0.1) is 23.1 Å². The normalized spacial score (nSPS) is 11.1. The Hall–Kier alpha value is -1.92. The predicted molar refractivity (Wildman–Crippen MR) is 111 cm³/mol. The molecule has 0 spiro atoms. The zero-order valence-electron chi connectivity index (χ0n) is 15.5. The smallest absolute Gasteiger partial charge is 0.261 e. The molecule has 1 aromatic carbocycles. The summed E-state index contributed by atoms with van der Waals surface area (Å²) in [6, 6.07) is 8.44. The molecular formula is C20H23N3OS2. The maximum Gasteiger partial charge on any atom is 0.261 e. The van der Waals surface area contributed by atoms with Gasteiger partial charge in [-0.25, -0.2) is 9.97 Å². The summed E-state index contributed by atoms with van der Waals surface area (Å²) in [7, 11) is 0. The Labute approximate surface area is 162 Å². The van der Waals surface area contributed by atoms with E-state index in [4.69, 9.17) is 0 Å². The van der Waals surface area contributed by atoms with Gasteiger partial charge in [0.25, 0.3) is 5.91 Å². The molecule has 0 aliphatic rings. The lowest BCUT2D eigenvalue weighted by Crippen LogP contribution is -2.25. The van der Waals surface area contributed by atoms with E-state index in [2.05, 4.69) is 46.5 Å². The molecule has 0 unspecified atom stereocenters. The molecule has 2 heterocycles. The monoisotopic (exact) mass is 385 g/mol. The number of thioether (sulfide) groups is 1. The van der Waals surface area contributed by atoms with E-state index in [-0.39, 0.29) is 5.91 Å². The van der Waals surface area contributed by atoms with E-state index in [1.165, 1.54) is 21.8 Å². The van der Waals surface area contributed by atoms with Crippen LogP contribution in [0.4, 0.5) is 0 Å². The molecule has 1 amide bonds. The molecule has 4 nitrogen and oxygen atoms in total. The number of thiophene rings is 1. The first-order chi connectivity index (χ1) is 12.5. The second-order valence-corrected chi connectivity index (χ2v) is 8.40. The number of carbonyl (C=O) groups excluding carboxylic acids is 1. The van der Waals surface area contributed by atoms with E-state index in [0.29, 0.717) is 6.54 Å². The third-order valence-electron chi connectivity index (χ3n) is 4.22. The molecule has 0 aliphatic carbocycles. The van der Waals surface area contributed by atoms with Crippen molar-refractivity contribution in [2.75, 3.05) is 12.3 Å². The van der Waals surface area contributed by atoms with Crippen molar-refractivity contribution in [2.24, 2.45) is 0 Å². The van der Waals surface area contributed by atoms with Crippen molar-refractivity contribution in [1.82, 2.24) is 15.3 Å². The highest BCUT2D eigenvalue weighted by Gasteiger charge is 2.18. The number of amides is 1. The summed E-state index contributed by atoms with van der Waals surface area (Å²) < 4.78 is 0. The first-order valence-electron chi connectivity index (χ1n) is 8.74. The van der Waals surface area contributed by atoms with Gasteiger partial charge in [-0.2, -0.15) is 0 Å². The lowest BCUT2D eigenvalue weighted by Gasteiger charge is -2.05. The van der Waals surface area contributed by atoms with Gasteiger partial charge in [0.05, 0.1) is 4.88 Å². The van der Waals surface area contributed by atoms with E-state index in [1.807, 2.05) is 20.8 Å². The Bertz CT molecular complexity index is 932. The van der Waals surface area contributed by atoms with Gasteiger partial charge >= 0.3 is 0 Å². The minimum Gasteiger partial charge on any atom is -0.350 e. The van der Waals surface area contributed by atoms with Crippen molar-refractivity contribution in [3.8, 4) is 0 Å². The van der Waals surface area contributed by atoms with Crippen LogP contribution >= 0.6 is 23.1 Å². The van der Waals surface area contributed by atoms with Crippen LogP contribution in [0.5, 0.6) is 0 Å². The van der Waals surface area contributed by atoms with Crippen LogP contribution in [0.25, 0.3) is 10.2 Å². The third-order valence-corrected chi connectivity index (χ3v) is 6.42. The Morgan fingerprint density at radius 1 is 1.15 bits per heavy atom. The van der Waals surface area contributed by atoms with E-state index in [9.17, 15) is 4.79 Å². The van der Waals surface area contributed by atoms with E-state index in [1.54, 1.807) is 11.8 Å². The molecule has 26 heavy (non-hydrogen) atoms. The molecule has 0 aliphatic heterocycles. The Kier molecular flexibility index (Phi) is 5.94. The SMILES string of the molecule is CCc1nc(C)c2c(C)c(C(=O)NCCSc3ccc(C)cc3)sc2n1. The second kappa shape index (κ2) is 8.18. The van der Waals surface area contributed by atoms with Gasteiger partial charge in [0.15, 0.2) is 0 Å². The number of hydrogen-bond donors (Lipinski definition) is 1. The van der Waals surface area contributed by atoms with Crippen LogP contribution in [0, 0.1) is 20.8 Å². The minimum atomic E-state index is -0.0209. The number of hydrogen-bond acceptors (Lipinski definition) is 5. The maximum absolute atomic E-state index is 12.6. The predicted octanol–water partition coefficient (Wildman–Crippen LogP) is 4.70. The van der Waals surface area contributed by atoms with Crippen LogP contribution < -0.4 is 5.32 Å². The van der Waals surface area contributed by atoms with Gasteiger partial charge in [0.2, 0.25) is 0 Å². The number of nitrogens with zero attached hydrogens (tertiary/aromatic N) is 2. The molecule has 6 heteroatoms. The van der Waals surface area contributed by atoms with Crippen LogP contribution in [0.1, 0.15) is 39.2 Å². The highest BCUT2D eigenvalue weighted by molar-refractivity contribution is 7.99. The number of aryl methyl sites for hydroxylation is 4. The zero-order chi connectivity index (χ0) is 18.7. The number of aromatic nitrogens is 2. The van der Waals surface area contributed by atoms with Crippen molar-refractivity contribution in [2.45, 2.75) is 39.0 Å². The van der Waals surface area contributed by atoms with E-state index in [0.717, 1.165) is 44.3 Å². The van der Waals surface area contributed by atoms with Crippen molar-refractivity contribution >= 4 is 39.2 Å². The van der Waals surface area contributed by atoms with Crippen molar-refractivity contribution in [1.29, 1.82) is 0 Å². The number of fused-ring (bicyclic) bond motifs is 1. The first kappa shape index (κ1) is 18.9. The largest absolute Gasteiger partial charge is 0.350 e. The fraction of sp³-hybridized carbons (Fsp3) is 0.350. The van der Waals surface area contributed by atoms with Crippen molar-refractivity contribution in [3.63, 3.8) is 0 Å². The van der Waals surface area contributed by atoms with Gasteiger partial charge in [0.1, 0.15) is 10.7 Å². The summed E-state index contributed by atoms with van der Waals surface area (Å²) in [4.78, 5) is 24.6. The summed E-state index contributed by atoms with van der Waals surface area (Å²) in [5.41, 5.74) is 3.19. The van der Waals surface area contributed by atoms with Crippen LogP contribution in [0.3, 0.4) is 0 Å². The molecule has 0 atom stereocenters.